The van der Waals surface area contributed by atoms with E-state index in [1.54, 1.807) is 12.1 Å². The van der Waals surface area contributed by atoms with Crippen LogP contribution in [-0.4, -0.2) is 0 Å². The minimum absolute atomic E-state index is 0. The number of rotatable bonds is 0. The molecule has 0 radical (unpaired) electrons. The minimum Gasteiger partial charge on any atom is -0.872 e. The fraction of sp³-hybridized carbons (Fsp3) is 0.400. The van der Waals surface area contributed by atoms with Crippen molar-refractivity contribution >= 4 is 0 Å². The third-order valence-electron chi connectivity index (χ3n) is 1.70. The molecule has 0 aliphatic carbocycles. The first-order chi connectivity index (χ1) is 5.02. The van der Waals surface area contributed by atoms with Crippen molar-refractivity contribution in [2.75, 3.05) is 0 Å². The van der Waals surface area contributed by atoms with Gasteiger partial charge in [-0.05, 0) is 5.41 Å². The summed E-state index contributed by atoms with van der Waals surface area (Å²) in [5.41, 5.74) is 0.859. The Morgan fingerprint density at radius 2 is 1.58 bits per heavy atom. The molecule has 0 amide bonds. The van der Waals surface area contributed by atoms with Crippen molar-refractivity contribution in [3.05, 3.63) is 29.8 Å². The van der Waals surface area contributed by atoms with E-state index in [0.717, 1.165) is 5.56 Å². The predicted molar refractivity (Wildman–Crippen MR) is 44.6 cm³/mol. The second-order valence-electron chi connectivity index (χ2n) is 3.75. The van der Waals surface area contributed by atoms with E-state index < -0.39 is 0 Å². The van der Waals surface area contributed by atoms with Crippen LogP contribution in [0.2, 0.25) is 0 Å². The maximum Gasteiger partial charge on any atom is 1.00 e. The van der Waals surface area contributed by atoms with Crippen LogP contribution in [0.15, 0.2) is 24.3 Å². The Bertz CT molecular complexity index is 250. The van der Waals surface area contributed by atoms with Crippen molar-refractivity contribution in [1.29, 1.82) is 0 Å². The molecule has 0 atom stereocenters. The van der Waals surface area contributed by atoms with Crippen LogP contribution in [0.4, 0.5) is 0 Å². The van der Waals surface area contributed by atoms with E-state index in [9.17, 15) is 5.11 Å². The van der Waals surface area contributed by atoms with Gasteiger partial charge >= 0.3 is 51.4 Å². The van der Waals surface area contributed by atoms with Gasteiger partial charge in [0.25, 0.3) is 0 Å². The summed E-state index contributed by atoms with van der Waals surface area (Å²) in [6.07, 6.45) is 0. The van der Waals surface area contributed by atoms with Crippen LogP contribution < -0.4 is 56.5 Å². The molecule has 0 spiro atoms. The van der Waals surface area contributed by atoms with Gasteiger partial charge in [-0.3, -0.25) is 0 Å². The fourth-order valence-electron chi connectivity index (χ4n) is 1.09. The van der Waals surface area contributed by atoms with Crippen molar-refractivity contribution < 1.29 is 56.5 Å². The summed E-state index contributed by atoms with van der Waals surface area (Å²) < 4.78 is 0. The monoisotopic (exact) mass is 188 g/mol. The van der Waals surface area contributed by atoms with Crippen LogP contribution in [-0.2, 0) is 5.41 Å². The molecule has 0 aliphatic rings. The Hall–Kier alpha value is 0.656. The van der Waals surface area contributed by atoms with Crippen LogP contribution in [0, 0.1) is 0 Å². The average Bonchev–Trinajstić information content (AvgIpc) is 1.86. The van der Waals surface area contributed by atoms with Gasteiger partial charge in [0.2, 0.25) is 0 Å². The fourth-order valence-corrected chi connectivity index (χ4v) is 1.09. The molecule has 0 saturated carbocycles. The van der Waals surface area contributed by atoms with Gasteiger partial charge in [0.05, 0.1) is 0 Å². The van der Waals surface area contributed by atoms with Gasteiger partial charge in [0, 0.05) is 0 Å². The molecule has 1 aromatic carbocycles. The van der Waals surface area contributed by atoms with Crippen LogP contribution >= 0.6 is 0 Å². The van der Waals surface area contributed by atoms with Crippen molar-refractivity contribution in [3.8, 4) is 5.75 Å². The largest absolute Gasteiger partial charge is 1.00 e. The van der Waals surface area contributed by atoms with E-state index in [4.69, 9.17) is 0 Å². The van der Waals surface area contributed by atoms with E-state index in [1.807, 2.05) is 32.9 Å². The zero-order chi connectivity index (χ0) is 8.48. The molecule has 1 aromatic rings. The zero-order valence-electron chi connectivity index (χ0n) is 8.22. The van der Waals surface area contributed by atoms with Crippen molar-refractivity contribution in [3.63, 3.8) is 0 Å². The zero-order valence-corrected chi connectivity index (χ0v) is 11.3. The van der Waals surface area contributed by atoms with E-state index in [2.05, 4.69) is 0 Å². The molecule has 0 saturated heterocycles. The van der Waals surface area contributed by atoms with Crippen LogP contribution in [0.5, 0.6) is 5.75 Å². The number of benzene rings is 1. The Kier molecular flexibility index (Phi) is 5.03. The molecule has 12 heavy (non-hydrogen) atoms. The van der Waals surface area contributed by atoms with Crippen molar-refractivity contribution in [1.82, 2.24) is 0 Å². The molecule has 0 N–H and O–H groups in total. The van der Waals surface area contributed by atoms with Crippen molar-refractivity contribution in [2.24, 2.45) is 0 Å². The molecule has 2 heteroatoms. The van der Waals surface area contributed by atoms with Crippen LogP contribution in [0.1, 0.15) is 26.3 Å². The van der Waals surface area contributed by atoms with E-state index in [-0.39, 0.29) is 62.5 Å². The molecule has 0 unspecified atom stereocenters. The quantitative estimate of drug-likeness (QED) is 0.482. The first-order valence-corrected chi connectivity index (χ1v) is 3.78. The summed E-state index contributed by atoms with van der Waals surface area (Å²) in [7, 11) is 0. The smallest absolute Gasteiger partial charge is 0.872 e. The minimum atomic E-state index is -0.0294. The topological polar surface area (TPSA) is 23.1 Å². The summed E-state index contributed by atoms with van der Waals surface area (Å²) >= 11 is 0. The van der Waals surface area contributed by atoms with Gasteiger partial charge in [0.15, 0.2) is 0 Å². The number of hydrogen-bond donors (Lipinski definition) is 0. The second-order valence-corrected chi connectivity index (χ2v) is 3.75. The Labute approximate surface area is 117 Å². The predicted octanol–water partition coefficient (Wildman–Crippen LogP) is -0.938. The third-order valence-corrected chi connectivity index (χ3v) is 1.70. The van der Waals surface area contributed by atoms with E-state index in [1.165, 1.54) is 0 Å². The van der Waals surface area contributed by atoms with Gasteiger partial charge < -0.3 is 5.11 Å². The molecular weight excluding hydrogens is 175 g/mol. The summed E-state index contributed by atoms with van der Waals surface area (Å²) in [5.74, 6) is 0.139. The van der Waals surface area contributed by atoms with Crippen molar-refractivity contribution in [2.45, 2.75) is 26.2 Å². The standard InChI is InChI=1S/C10H14O.K/c1-10(2,3)8-6-4-5-7-9(8)11;/h4-7,11H,1-3H3;/q;+1/p-1. The van der Waals surface area contributed by atoms with Gasteiger partial charge in [-0.1, -0.05) is 50.6 Å². The normalized spacial score (nSPS) is 10.6. The molecule has 0 aromatic heterocycles. The van der Waals surface area contributed by atoms with Gasteiger partial charge in [0.1, 0.15) is 0 Å². The summed E-state index contributed by atoms with van der Waals surface area (Å²) in [4.78, 5) is 0. The van der Waals surface area contributed by atoms with Gasteiger partial charge in [-0.2, -0.15) is 0 Å². The molecule has 0 heterocycles. The molecule has 1 rings (SSSR count). The van der Waals surface area contributed by atoms with Crippen LogP contribution in [0.3, 0.4) is 0 Å². The SMILES string of the molecule is CC(C)(C)c1ccccc1[O-].[K+]. The maximum atomic E-state index is 11.3. The molecule has 0 fully saturated rings. The molecule has 60 valence electrons. The summed E-state index contributed by atoms with van der Waals surface area (Å²) in [6.45, 7) is 6.14. The van der Waals surface area contributed by atoms with E-state index in [0.29, 0.717) is 0 Å². The van der Waals surface area contributed by atoms with Gasteiger partial charge in [-0.25, -0.2) is 0 Å². The second kappa shape index (κ2) is 4.77. The molecular formula is C10H13KO. The first-order valence-electron chi connectivity index (χ1n) is 3.78. The molecule has 0 bridgehead atoms. The van der Waals surface area contributed by atoms with Crippen LogP contribution in [0.25, 0.3) is 0 Å². The summed E-state index contributed by atoms with van der Waals surface area (Å²) in [5, 5.41) is 11.3. The Balaban J connectivity index is 0.00000121. The van der Waals surface area contributed by atoms with E-state index >= 15 is 0 Å². The third kappa shape index (κ3) is 3.19. The maximum absolute atomic E-state index is 11.3. The first kappa shape index (κ1) is 12.7. The van der Waals surface area contributed by atoms with Gasteiger partial charge in [-0.15, -0.1) is 5.75 Å². The summed E-state index contributed by atoms with van der Waals surface area (Å²) in [6, 6.07) is 7.18. The number of para-hydroxylation sites is 1. The average molecular weight is 188 g/mol. The number of hydrogen-bond acceptors (Lipinski definition) is 1. The molecule has 1 nitrogen and oxygen atoms in total. The Morgan fingerprint density at radius 3 is 1.92 bits per heavy atom. The molecule has 0 aliphatic heterocycles. The Morgan fingerprint density at radius 1 is 1.08 bits per heavy atom.